The second-order valence-corrected chi connectivity index (χ2v) is 8.36. The molecule has 4 rings (SSSR count). The lowest BCUT2D eigenvalue weighted by atomic mass is 10.2. The number of carbonyl (C=O) groups excluding carboxylic acids is 2. The van der Waals surface area contributed by atoms with Crippen LogP contribution in [0.3, 0.4) is 0 Å². The van der Waals surface area contributed by atoms with Gasteiger partial charge in [0.05, 0.1) is 23.0 Å². The molecule has 0 spiro atoms. The number of non-ortho nitro benzene ring substituents is 1. The summed E-state index contributed by atoms with van der Waals surface area (Å²) >= 11 is 2.86. The van der Waals surface area contributed by atoms with Crippen LogP contribution in [0.1, 0.15) is 30.7 Å². The first-order valence-corrected chi connectivity index (χ1v) is 11.2. The van der Waals surface area contributed by atoms with Gasteiger partial charge in [-0.3, -0.25) is 19.7 Å². The van der Waals surface area contributed by atoms with Gasteiger partial charge < -0.3 is 0 Å². The molecule has 3 heterocycles. The molecular weight excluding hydrogens is 480 g/mol. The number of nitrogens with zero attached hydrogens (tertiary/aromatic N) is 6. The number of amides is 2. The molecular formula is C20H14N8O4S2. The molecule has 12 nitrogen and oxygen atoms in total. The first-order chi connectivity index (χ1) is 16.5. The van der Waals surface area contributed by atoms with Crippen molar-refractivity contribution in [1.82, 2.24) is 25.8 Å². The first kappa shape index (κ1) is 22.6. The molecule has 0 aliphatic heterocycles. The van der Waals surface area contributed by atoms with Gasteiger partial charge in [-0.05, 0) is 35.0 Å². The number of nitro benzene ring substituents is 1. The number of nitro groups is 1. The van der Waals surface area contributed by atoms with Crippen LogP contribution in [-0.4, -0.2) is 44.2 Å². The third-order valence-corrected chi connectivity index (χ3v) is 5.82. The molecule has 0 radical (unpaired) electrons. The van der Waals surface area contributed by atoms with Crippen molar-refractivity contribution in [1.29, 1.82) is 0 Å². The van der Waals surface area contributed by atoms with Gasteiger partial charge in [0.2, 0.25) is 0 Å². The molecule has 0 aliphatic carbocycles. The van der Waals surface area contributed by atoms with Gasteiger partial charge in [0.25, 0.3) is 17.5 Å². The summed E-state index contributed by atoms with van der Waals surface area (Å²) in [7, 11) is 0. The van der Waals surface area contributed by atoms with Crippen LogP contribution in [0.25, 0.3) is 5.69 Å². The quantitative estimate of drug-likeness (QED) is 0.218. The Morgan fingerprint density at radius 3 is 2.06 bits per heavy atom. The van der Waals surface area contributed by atoms with Gasteiger partial charge >= 0.3 is 0 Å². The molecule has 0 atom stereocenters. The maximum atomic E-state index is 12.9. The van der Waals surface area contributed by atoms with Crippen molar-refractivity contribution in [3.05, 3.63) is 90.5 Å². The lowest BCUT2D eigenvalue weighted by Gasteiger charge is -2.06. The molecule has 34 heavy (non-hydrogen) atoms. The summed E-state index contributed by atoms with van der Waals surface area (Å²) in [4.78, 5) is 37.7. The van der Waals surface area contributed by atoms with Crippen LogP contribution in [0, 0.1) is 10.1 Å². The van der Waals surface area contributed by atoms with Gasteiger partial charge in [-0.15, -0.1) is 27.8 Å². The Bertz CT molecular complexity index is 1360. The summed E-state index contributed by atoms with van der Waals surface area (Å²) in [5.74, 6) is -1.53. The van der Waals surface area contributed by atoms with Crippen LogP contribution in [0.2, 0.25) is 0 Å². The standard InChI is InChI=1S/C20H14N8O4S2/c29-19(24-21-11-15-3-1-9-33-15)17-18(20(30)25-22-12-16-4-2-10-34-16)27(26-23-17)13-5-7-14(8-6-13)28(31)32/h1-12H,(H,24,29)(H,25,30)/b21-11-,22-12-. The predicted octanol–water partition coefficient (Wildman–Crippen LogP) is 2.83. The van der Waals surface area contributed by atoms with E-state index < -0.39 is 16.7 Å². The van der Waals surface area contributed by atoms with Crippen LogP contribution in [0.5, 0.6) is 0 Å². The van der Waals surface area contributed by atoms with Gasteiger partial charge in [0, 0.05) is 21.9 Å². The average molecular weight is 495 g/mol. The molecule has 3 aromatic heterocycles. The number of aromatic nitrogens is 3. The van der Waals surface area contributed by atoms with Crippen LogP contribution < -0.4 is 10.9 Å². The highest BCUT2D eigenvalue weighted by atomic mass is 32.1. The molecule has 14 heteroatoms. The summed E-state index contributed by atoms with van der Waals surface area (Å²) < 4.78 is 1.09. The minimum absolute atomic E-state index is 0.142. The molecule has 0 bridgehead atoms. The minimum atomic E-state index is -0.770. The second kappa shape index (κ2) is 10.4. The number of rotatable bonds is 8. The van der Waals surface area contributed by atoms with Crippen molar-refractivity contribution in [3.8, 4) is 5.69 Å². The van der Waals surface area contributed by atoms with Gasteiger partial charge in [0.1, 0.15) is 0 Å². The number of hydrogen-bond donors (Lipinski definition) is 2. The predicted molar refractivity (Wildman–Crippen MR) is 127 cm³/mol. The summed E-state index contributed by atoms with van der Waals surface area (Å²) in [5, 5.41) is 30.2. The highest BCUT2D eigenvalue weighted by Gasteiger charge is 2.26. The van der Waals surface area contributed by atoms with Crippen LogP contribution in [-0.2, 0) is 0 Å². The average Bonchev–Trinajstić information content (AvgIpc) is 3.60. The Balaban J connectivity index is 1.62. The van der Waals surface area contributed by atoms with E-state index in [0.717, 1.165) is 14.4 Å². The maximum Gasteiger partial charge on any atom is 0.294 e. The number of benzene rings is 1. The highest BCUT2D eigenvalue weighted by molar-refractivity contribution is 7.12. The van der Waals surface area contributed by atoms with E-state index in [-0.39, 0.29) is 22.8 Å². The highest BCUT2D eigenvalue weighted by Crippen LogP contribution is 2.18. The molecule has 0 fully saturated rings. The molecule has 2 N–H and O–H groups in total. The van der Waals surface area contributed by atoms with Gasteiger partial charge in [-0.1, -0.05) is 17.3 Å². The van der Waals surface area contributed by atoms with E-state index in [0.29, 0.717) is 0 Å². The Labute approximate surface area is 199 Å². The fourth-order valence-electron chi connectivity index (χ4n) is 2.68. The summed E-state index contributed by atoms with van der Waals surface area (Å²) in [6, 6.07) is 12.6. The number of hydrazone groups is 2. The molecule has 0 saturated heterocycles. The number of carbonyl (C=O) groups is 2. The maximum absolute atomic E-state index is 12.9. The molecule has 1 aromatic carbocycles. The van der Waals surface area contributed by atoms with E-state index in [2.05, 4.69) is 31.4 Å². The fraction of sp³-hybridized carbons (Fsp3) is 0. The number of thiophene rings is 2. The van der Waals surface area contributed by atoms with Crippen molar-refractivity contribution < 1.29 is 14.5 Å². The second-order valence-electron chi connectivity index (χ2n) is 6.40. The molecule has 2 amide bonds. The van der Waals surface area contributed by atoms with Crippen molar-refractivity contribution in [2.24, 2.45) is 10.2 Å². The van der Waals surface area contributed by atoms with Crippen LogP contribution in [0.15, 0.2) is 69.5 Å². The van der Waals surface area contributed by atoms with E-state index in [1.54, 1.807) is 0 Å². The van der Waals surface area contributed by atoms with Crippen molar-refractivity contribution in [3.63, 3.8) is 0 Å². The monoisotopic (exact) mass is 494 g/mol. The lowest BCUT2D eigenvalue weighted by Crippen LogP contribution is -2.27. The zero-order valence-corrected chi connectivity index (χ0v) is 18.7. The van der Waals surface area contributed by atoms with Crippen molar-refractivity contribution in [2.45, 2.75) is 0 Å². The van der Waals surface area contributed by atoms with E-state index >= 15 is 0 Å². The van der Waals surface area contributed by atoms with Gasteiger partial charge in [-0.2, -0.15) is 10.2 Å². The third-order valence-electron chi connectivity index (χ3n) is 4.21. The Kier molecular flexibility index (Phi) is 6.90. The molecule has 0 unspecified atom stereocenters. The molecule has 0 saturated carbocycles. The van der Waals surface area contributed by atoms with Crippen molar-refractivity contribution >= 4 is 52.6 Å². The van der Waals surface area contributed by atoms with Gasteiger partial charge in [-0.25, -0.2) is 15.5 Å². The van der Waals surface area contributed by atoms with E-state index in [4.69, 9.17) is 0 Å². The first-order valence-electron chi connectivity index (χ1n) is 9.47. The van der Waals surface area contributed by atoms with E-state index in [1.165, 1.54) is 59.4 Å². The zero-order valence-electron chi connectivity index (χ0n) is 17.1. The largest absolute Gasteiger partial charge is 0.294 e. The van der Waals surface area contributed by atoms with Crippen molar-refractivity contribution in [2.75, 3.05) is 0 Å². The molecule has 4 aromatic rings. The van der Waals surface area contributed by atoms with E-state index in [9.17, 15) is 19.7 Å². The molecule has 0 aliphatic rings. The Morgan fingerprint density at radius 1 is 0.941 bits per heavy atom. The van der Waals surface area contributed by atoms with Crippen LogP contribution >= 0.6 is 22.7 Å². The zero-order chi connectivity index (χ0) is 23.9. The van der Waals surface area contributed by atoms with Gasteiger partial charge in [0.15, 0.2) is 11.4 Å². The summed E-state index contributed by atoms with van der Waals surface area (Å²) in [5.41, 5.74) is 4.28. The number of nitrogens with one attached hydrogen (secondary N) is 2. The molecule has 170 valence electrons. The third kappa shape index (κ3) is 5.25. The topological polar surface area (TPSA) is 157 Å². The summed E-state index contributed by atoms with van der Waals surface area (Å²) in [6.07, 6.45) is 2.90. The summed E-state index contributed by atoms with van der Waals surface area (Å²) in [6.45, 7) is 0. The fourth-order valence-corrected chi connectivity index (χ4v) is 3.85. The Hall–Kier alpha value is -4.56. The SMILES string of the molecule is O=C(N/N=C\c1cccs1)c1nnn(-c2ccc([N+](=O)[O-])cc2)c1C(=O)N/N=C\c1cccs1. The van der Waals surface area contributed by atoms with Crippen LogP contribution in [0.4, 0.5) is 5.69 Å². The smallest absolute Gasteiger partial charge is 0.265 e. The lowest BCUT2D eigenvalue weighted by molar-refractivity contribution is -0.384. The Morgan fingerprint density at radius 2 is 1.53 bits per heavy atom. The minimum Gasteiger partial charge on any atom is -0.265 e. The normalized spacial score (nSPS) is 11.2. The number of hydrogen-bond acceptors (Lipinski definition) is 10. The van der Waals surface area contributed by atoms with E-state index in [1.807, 2.05) is 35.0 Å².